The molecule has 0 saturated carbocycles. The number of nitrogens with one attached hydrogen (secondary N) is 1. The molecule has 5 rings (SSSR count). The van der Waals surface area contributed by atoms with Crippen LogP contribution in [-0.4, -0.2) is 26.2 Å². The number of nitrogens with zero attached hydrogens (tertiary/aromatic N) is 4. The normalized spacial score (nSPS) is 11.3. The van der Waals surface area contributed by atoms with Gasteiger partial charge in [-0.05, 0) is 44.0 Å². The third-order valence-corrected chi connectivity index (χ3v) is 6.68. The van der Waals surface area contributed by atoms with E-state index in [1.54, 1.807) is 23.5 Å². The van der Waals surface area contributed by atoms with Gasteiger partial charge in [-0.1, -0.05) is 30.3 Å². The van der Waals surface area contributed by atoms with Crippen molar-refractivity contribution in [3.63, 3.8) is 0 Å². The predicted octanol–water partition coefficient (Wildman–Crippen LogP) is 6.13. The van der Waals surface area contributed by atoms with Crippen LogP contribution in [0.4, 0.5) is 5.82 Å². The molecule has 0 bridgehead atoms. The van der Waals surface area contributed by atoms with Crippen LogP contribution < -0.4 is 5.32 Å². The molecule has 0 aliphatic carbocycles. The van der Waals surface area contributed by atoms with Crippen LogP contribution in [0, 0.1) is 11.3 Å². The van der Waals surface area contributed by atoms with Gasteiger partial charge in [0, 0.05) is 39.8 Å². The van der Waals surface area contributed by atoms with Crippen LogP contribution in [0.3, 0.4) is 0 Å². The van der Waals surface area contributed by atoms with Gasteiger partial charge in [0.1, 0.15) is 23.3 Å². The third kappa shape index (κ3) is 3.90. The molecule has 2 N–H and O–H groups in total. The lowest BCUT2D eigenvalue weighted by Crippen LogP contribution is -2.09. The summed E-state index contributed by atoms with van der Waals surface area (Å²) in [5.74, 6) is 1.57. The second kappa shape index (κ2) is 8.57. The molecule has 5 aromatic rings. The number of aromatic nitrogens is 3. The first-order chi connectivity index (χ1) is 16.0. The van der Waals surface area contributed by atoms with Crippen LogP contribution in [-0.2, 0) is 6.42 Å². The molecule has 0 fully saturated rings. The predicted molar refractivity (Wildman–Crippen MR) is 134 cm³/mol. The number of benzene rings is 2. The summed E-state index contributed by atoms with van der Waals surface area (Å²) in [5.41, 5.74) is 3.42. The summed E-state index contributed by atoms with van der Waals surface area (Å²) in [7, 11) is 0. The summed E-state index contributed by atoms with van der Waals surface area (Å²) >= 11 is 1.68. The van der Waals surface area contributed by atoms with Crippen molar-refractivity contribution in [2.45, 2.75) is 26.3 Å². The SMILES string of the molecule is CC(C)n1cc(C#N)c2c(NCCc3ccc(O)cc3)nc(-c3csc4ccccc34)nc21. The zero-order valence-corrected chi connectivity index (χ0v) is 19.2. The summed E-state index contributed by atoms with van der Waals surface area (Å²) in [6.07, 6.45) is 2.62. The molecule has 33 heavy (non-hydrogen) atoms. The average Bonchev–Trinajstić information content (AvgIpc) is 3.42. The number of phenols is 1. The largest absolute Gasteiger partial charge is 0.508 e. The van der Waals surface area contributed by atoms with Crippen molar-refractivity contribution >= 4 is 38.3 Å². The lowest BCUT2D eigenvalue weighted by Gasteiger charge is -2.12. The van der Waals surface area contributed by atoms with E-state index in [9.17, 15) is 10.4 Å². The Labute approximate surface area is 195 Å². The highest BCUT2D eigenvalue weighted by Crippen LogP contribution is 2.36. The number of thiophene rings is 1. The molecule has 6 nitrogen and oxygen atoms in total. The zero-order valence-electron chi connectivity index (χ0n) is 18.4. The molecule has 0 unspecified atom stereocenters. The summed E-state index contributed by atoms with van der Waals surface area (Å²) in [6, 6.07) is 17.9. The monoisotopic (exact) mass is 453 g/mol. The quantitative estimate of drug-likeness (QED) is 0.323. The topological polar surface area (TPSA) is 86.8 Å². The van der Waals surface area contributed by atoms with Gasteiger partial charge in [-0.25, -0.2) is 9.97 Å². The fourth-order valence-electron chi connectivity index (χ4n) is 4.01. The lowest BCUT2D eigenvalue weighted by molar-refractivity contribution is 0.475. The Hall–Kier alpha value is -3.89. The van der Waals surface area contributed by atoms with E-state index in [-0.39, 0.29) is 11.8 Å². The number of anilines is 1. The van der Waals surface area contributed by atoms with Gasteiger partial charge < -0.3 is 15.0 Å². The van der Waals surface area contributed by atoms with E-state index < -0.39 is 0 Å². The summed E-state index contributed by atoms with van der Waals surface area (Å²) in [5, 5.41) is 26.8. The molecule has 3 aromatic heterocycles. The van der Waals surface area contributed by atoms with Crippen molar-refractivity contribution in [2.24, 2.45) is 0 Å². The Kier molecular flexibility index (Phi) is 5.45. The van der Waals surface area contributed by atoms with E-state index in [1.165, 1.54) is 4.70 Å². The van der Waals surface area contributed by atoms with E-state index >= 15 is 0 Å². The van der Waals surface area contributed by atoms with Crippen molar-refractivity contribution in [3.8, 4) is 23.2 Å². The van der Waals surface area contributed by atoms with Gasteiger partial charge in [0.2, 0.25) is 0 Å². The maximum atomic E-state index is 9.81. The van der Waals surface area contributed by atoms with Gasteiger partial charge >= 0.3 is 0 Å². The van der Waals surface area contributed by atoms with Gasteiger partial charge in [-0.3, -0.25) is 0 Å². The van der Waals surface area contributed by atoms with Gasteiger partial charge in [0.25, 0.3) is 0 Å². The second-order valence-corrected chi connectivity index (χ2v) is 9.15. The van der Waals surface area contributed by atoms with E-state index in [0.29, 0.717) is 23.8 Å². The first kappa shape index (κ1) is 21.0. The van der Waals surface area contributed by atoms with Crippen LogP contribution in [0.5, 0.6) is 5.75 Å². The zero-order chi connectivity index (χ0) is 22.9. The molecule has 0 aliphatic heterocycles. The molecule has 3 heterocycles. The number of rotatable bonds is 6. The molecule has 0 saturated heterocycles. The van der Waals surface area contributed by atoms with E-state index in [1.807, 2.05) is 35.0 Å². The van der Waals surface area contributed by atoms with Gasteiger partial charge in [-0.15, -0.1) is 11.3 Å². The minimum absolute atomic E-state index is 0.154. The van der Waals surface area contributed by atoms with Crippen LogP contribution in [0.1, 0.15) is 31.0 Å². The minimum atomic E-state index is 0.154. The maximum Gasteiger partial charge on any atom is 0.165 e. The Morgan fingerprint density at radius 1 is 1.12 bits per heavy atom. The Balaban J connectivity index is 1.61. The van der Waals surface area contributed by atoms with Gasteiger partial charge in [0.15, 0.2) is 5.82 Å². The van der Waals surface area contributed by atoms with Crippen molar-refractivity contribution in [1.82, 2.24) is 14.5 Å². The molecule has 0 amide bonds. The highest BCUT2D eigenvalue weighted by molar-refractivity contribution is 7.17. The number of nitriles is 1. The van der Waals surface area contributed by atoms with E-state index in [2.05, 4.69) is 42.7 Å². The number of hydrogen-bond acceptors (Lipinski definition) is 6. The Morgan fingerprint density at radius 3 is 2.67 bits per heavy atom. The standard InChI is InChI=1S/C26H23N5OS/c1-16(2)31-14-18(13-27)23-25(28-12-11-17-7-9-19(32)10-8-17)29-24(30-26(23)31)21-15-33-22-6-4-3-5-20(21)22/h3-10,14-16,32H,11-12H2,1-2H3,(H,28,29,30). The molecule has 0 radical (unpaired) electrons. The molecule has 0 atom stereocenters. The van der Waals surface area contributed by atoms with Crippen molar-refractivity contribution in [2.75, 3.05) is 11.9 Å². The van der Waals surface area contributed by atoms with Crippen LogP contribution in [0.15, 0.2) is 60.1 Å². The molecule has 0 aliphatic rings. The smallest absolute Gasteiger partial charge is 0.165 e. The Bertz CT molecular complexity index is 1490. The fourth-order valence-corrected chi connectivity index (χ4v) is 4.95. The van der Waals surface area contributed by atoms with Gasteiger partial charge in [-0.2, -0.15) is 5.26 Å². The highest BCUT2D eigenvalue weighted by Gasteiger charge is 2.20. The van der Waals surface area contributed by atoms with Gasteiger partial charge in [0.05, 0.1) is 10.9 Å². The summed E-state index contributed by atoms with van der Waals surface area (Å²) in [6.45, 7) is 4.80. The first-order valence-electron chi connectivity index (χ1n) is 10.9. The molecule has 2 aromatic carbocycles. The fraction of sp³-hybridized carbons (Fsp3) is 0.192. The molecule has 164 valence electrons. The van der Waals surface area contributed by atoms with E-state index in [0.717, 1.165) is 34.0 Å². The number of hydrogen-bond donors (Lipinski definition) is 2. The van der Waals surface area contributed by atoms with E-state index in [4.69, 9.17) is 9.97 Å². The second-order valence-electron chi connectivity index (χ2n) is 8.24. The molecule has 0 spiro atoms. The number of aromatic hydroxyl groups is 1. The van der Waals surface area contributed by atoms with Crippen LogP contribution in [0.2, 0.25) is 0 Å². The molecular formula is C26H23N5OS. The number of phenolic OH excluding ortho intramolecular Hbond substituents is 1. The Morgan fingerprint density at radius 2 is 1.91 bits per heavy atom. The molecular weight excluding hydrogens is 430 g/mol. The lowest BCUT2D eigenvalue weighted by atomic mass is 10.1. The van der Waals surface area contributed by atoms with Crippen molar-refractivity contribution in [3.05, 3.63) is 71.2 Å². The van der Waals surface area contributed by atoms with Crippen LogP contribution >= 0.6 is 11.3 Å². The third-order valence-electron chi connectivity index (χ3n) is 5.71. The minimum Gasteiger partial charge on any atom is -0.508 e. The summed E-state index contributed by atoms with van der Waals surface area (Å²) < 4.78 is 3.23. The average molecular weight is 454 g/mol. The van der Waals surface area contributed by atoms with Crippen molar-refractivity contribution in [1.29, 1.82) is 5.26 Å². The number of fused-ring (bicyclic) bond motifs is 2. The maximum absolute atomic E-state index is 9.81. The van der Waals surface area contributed by atoms with Crippen LogP contribution in [0.25, 0.3) is 32.5 Å². The summed E-state index contributed by atoms with van der Waals surface area (Å²) in [4.78, 5) is 9.83. The van der Waals surface area contributed by atoms with Crippen molar-refractivity contribution < 1.29 is 5.11 Å². The molecule has 7 heteroatoms. The first-order valence-corrected chi connectivity index (χ1v) is 11.7. The highest BCUT2D eigenvalue weighted by atomic mass is 32.1.